The number of hydrogen-bond acceptors (Lipinski definition) is 5. The molecule has 3 aromatic rings. The highest BCUT2D eigenvalue weighted by Crippen LogP contribution is 2.43. The molecule has 6 heteroatoms. The lowest BCUT2D eigenvalue weighted by Gasteiger charge is -2.34. The lowest BCUT2D eigenvalue weighted by Crippen LogP contribution is -2.35. The summed E-state index contributed by atoms with van der Waals surface area (Å²) in [5.74, 6) is 1.14. The Hall–Kier alpha value is -4.19. The van der Waals surface area contributed by atoms with Crippen molar-refractivity contribution in [3.8, 4) is 11.5 Å². The van der Waals surface area contributed by atoms with E-state index >= 15 is 0 Å². The van der Waals surface area contributed by atoms with Crippen LogP contribution in [-0.4, -0.2) is 16.7 Å². The summed E-state index contributed by atoms with van der Waals surface area (Å²) < 4.78 is 6.06. The molecule has 0 spiro atoms. The third-order valence-electron chi connectivity index (χ3n) is 6.35. The number of nitrogens with one attached hydrogen (secondary N) is 2. The van der Waals surface area contributed by atoms with Gasteiger partial charge in [-0.2, -0.15) is 0 Å². The smallest absolute Gasteiger partial charge is 0.255 e. The van der Waals surface area contributed by atoms with Gasteiger partial charge in [-0.05, 0) is 74.2 Å². The second-order valence-corrected chi connectivity index (χ2v) is 8.93. The molecule has 1 aliphatic heterocycles. The molecule has 1 atom stereocenters. The van der Waals surface area contributed by atoms with E-state index in [1.54, 1.807) is 6.20 Å². The largest absolute Gasteiger partial charge is 0.457 e. The first-order valence-electron chi connectivity index (χ1n) is 11.8. The van der Waals surface area contributed by atoms with Crippen LogP contribution in [0.5, 0.6) is 11.5 Å². The molecule has 0 unspecified atom stereocenters. The van der Waals surface area contributed by atoms with Gasteiger partial charge in [-0.25, -0.2) is 4.98 Å². The zero-order valence-electron chi connectivity index (χ0n) is 19.8. The number of ether oxygens (including phenoxy) is 1. The first-order valence-corrected chi connectivity index (χ1v) is 11.8. The fraction of sp³-hybridized carbons (Fsp3) is 0.207. The molecular formula is C29H27N3O3. The van der Waals surface area contributed by atoms with Crippen LogP contribution in [0.15, 0.2) is 95.5 Å². The summed E-state index contributed by atoms with van der Waals surface area (Å²) in [6, 6.07) is 20.9. The number of allylic oxidation sites excluding steroid dienone is 3. The lowest BCUT2D eigenvalue weighted by atomic mass is 9.75. The Morgan fingerprint density at radius 1 is 1.00 bits per heavy atom. The molecule has 0 saturated carbocycles. The zero-order chi connectivity index (χ0) is 24.4. The fourth-order valence-corrected chi connectivity index (χ4v) is 4.79. The summed E-state index contributed by atoms with van der Waals surface area (Å²) in [7, 11) is 0. The number of Topliss-reactive ketones (excluding diaryl/α,β-unsaturated/α-hetero) is 1. The van der Waals surface area contributed by atoms with Gasteiger partial charge < -0.3 is 15.4 Å². The molecular weight excluding hydrogens is 438 g/mol. The van der Waals surface area contributed by atoms with Gasteiger partial charge in [0.05, 0.1) is 0 Å². The van der Waals surface area contributed by atoms with E-state index in [1.165, 1.54) is 0 Å². The SMILES string of the molecule is CC1=C(C(=O)Nc2cc(C)ccn2)[C@H](c2cccc(Oc3ccccc3)c2)C2=C(CCCC2=O)N1. The number of anilines is 1. The summed E-state index contributed by atoms with van der Waals surface area (Å²) in [5, 5.41) is 6.29. The van der Waals surface area contributed by atoms with E-state index in [4.69, 9.17) is 4.74 Å². The Labute approximate surface area is 204 Å². The maximum atomic E-state index is 13.6. The molecule has 2 N–H and O–H groups in total. The number of ketones is 1. The molecule has 5 rings (SSSR count). The average molecular weight is 466 g/mol. The molecule has 2 aliphatic rings. The number of aryl methyl sites for hydroxylation is 1. The van der Waals surface area contributed by atoms with Crippen molar-refractivity contribution >= 4 is 17.5 Å². The number of nitrogens with zero attached hydrogens (tertiary/aromatic N) is 1. The predicted molar refractivity (Wildman–Crippen MR) is 135 cm³/mol. The summed E-state index contributed by atoms with van der Waals surface area (Å²) in [4.78, 5) is 31.1. The third-order valence-corrected chi connectivity index (χ3v) is 6.35. The Balaban J connectivity index is 1.56. The number of hydrogen-bond donors (Lipinski definition) is 2. The van der Waals surface area contributed by atoms with Crippen LogP contribution in [-0.2, 0) is 9.59 Å². The van der Waals surface area contributed by atoms with Crippen LogP contribution < -0.4 is 15.4 Å². The van der Waals surface area contributed by atoms with Gasteiger partial charge in [0.2, 0.25) is 0 Å². The van der Waals surface area contributed by atoms with Gasteiger partial charge in [-0.1, -0.05) is 30.3 Å². The van der Waals surface area contributed by atoms with Crippen molar-refractivity contribution in [2.75, 3.05) is 5.32 Å². The molecule has 1 amide bonds. The van der Waals surface area contributed by atoms with Gasteiger partial charge in [0.1, 0.15) is 17.3 Å². The van der Waals surface area contributed by atoms with Crippen LogP contribution in [0.1, 0.15) is 43.2 Å². The highest BCUT2D eigenvalue weighted by Gasteiger charge is 2.38. The van der Waals surface area contributed by atoms with Crippen molar-refractivity contribution in [2.24, 2.45) is 0 Å². The molecule has 176 valence electrons. The van der Waals surface area contributed by atoms with Gasteiger partial charge in [0.15, 0.2) is 5.78 Å². The molecule has 1 aliphatic carbocycles. The van der Waals surface area contributed by atoms with E-state index in [1.807, 2.05) is 80.6 Å². The fourth-order valence-electron chi connectivity index (χ4n) is 4.79. The van der Waals surface area contributed by atoms with Gasteiger partial charge in [-0.3, -0.25) is 9.59 Å². The molecule has 1 aromatic heterocycles. The Morgan fingerprint density at radius 3 is 2.60 bits per heavy atom. The predicted octanol–water partition coefficient (Wildman–Crippen LogP) is 5.79. The second kappa shape index (κ2) is 9.58. The van der Waals surface area contributed by atoms with Crippen molar-refractivity contribution in [1.82, 2.24) is 10.3 Å². The second-order valence-electron chi connectivity index (χ2n) is 8.93. The van der Waals surface area contributed by atoms with Crippen molar-refractivity contribution in [2.45, 2.75) is 39.0 Å². The van der Waals surface area contributed by atoms with Crippen LogP contribution >= 0.6 is 0 Å². The van der Waals surface area contributed by atoms with Gasteiger partial charge in [0.25, 0.3) is 5.91 Å². The number of carbonyl (C=O) groups is 2. The summed E-state index contributed by atoms with van der Waals surface area (Å²) in [5.41, 5.74) is 4.66. The summed E-state index contributed by atoms with van der Waals surface area (Å²) >= 11 is 0. The van der Waals surface area contributed by atoms with Crippen molar-refractivity contribution < 1.29 is 14.3 Å². The maximum Gasteiger partial charge on any atom is 0.255 e. The standard InChI is InChI=1S/C29H27N3O3/c1-18-14-15-30-25(16-18)32-29(34)26-19(2)31-23-12-7-13-24(33)28(23)27(26)20-8-6-11-22(17-20)35-21-9-4-3-5-10-21/h3-6,8-11,14-17,27,31H,7,12-13H2,1-2H3,(H,30,32,34)/t27-/m0/s1. The van der Waals surface area contributed by atoms with E-state index in [2.05, 4.69) is 15.6 Å². The van der Waals surface area contributed by atoms with Crippen LogP contribution in [0.3, 0.4) is 0 Å². The monoisotopic (exact) mass is 465 g/mol. The first kappa shape index (κ1) is 22.6. The molecule has 35 heavy (non-hydrogen) atoms. The molecule has 2 aromatic carbocycles. The lowest BCUT2D eigenvalue weighted by molar-refractivity contribution is -0.116. The van der Waals surface area contributed by atoms with E-state index in [9.17, 15) is 9.59 Å². The van der Waals surface area contributed by atoms with Crippen LogP contribution in [0, 0.1) is 6.92 Å². The average Bonchev–Trinajstić information content (AvgIpc) is 2.84. The van der Waals surface area contributed by atoms with E-state index in [0.29, 0.717) is 29.1 Å². The molecule has 0 radical (unpaired) electrons. The topological polar surface area (TPSA) is 80.3 Å². The molecule has 0 saturated heterocycles. The van der Waals surface area contributed by atoms with Crippen molar-refractivity contribution in [3.63, 3.8) is 0 Å². The highest BCUT2D eigenvalue weighted by molar-refractivity contribution is 6.09. The van der Waals surface area contributed by atoms with Crippen LogP contribution in [0.2, 0.25) is 0 Å². The molecule has 2 heterocycles. The Bertz CT molecular complexity index is 1360. The molecule has 0 fully saturated rings. The van der Waals surface area contributed by atoms with E-state index in [0.717, 1.165) is 41.1 Å². The number of carbonyl (C=O) groups excluding carboxylic acids is 2. The van der Waals surface area contributed by atoms with Crippen LogP contribution in [0.25, 0.3) is 0 Å². The van der Waals surface area contributed by atoms with Gasteiger partial charge in [0, 0.05) is 41.1 Å². The van der Waals surface area contributed by atoms with E-state index in [-0.39, 0.29) is 11.7 Å². The number of para-hydroxylation sites is 1. The van der Waals surface area contributed by atoms with Crippen LogP contribution in [0.4, 0.5) is 5.82 Å². The number of aromatic nitrogens is 1. The maximum absolute atomic E-state index is 13.6. The quantitative estimate of drug-likeness (QED) is 0.499. The summed E-state index contributed by atoms with van der Waals surface area (Å²) in [6.07, 6.45) is 3.73. The summed E-state index contributed by atoms with van der Waals surface area (Å²) in [6.45, 7) is 3.83. The minimum atomic E-state index is -0.497. The zero-order valence-corrected chi connectivity index (χ0v) is 19.8. The Kier molecular flexibility index (Phi) is 6.19. The number of pyridine rings is 1. The molecule has 0 bridgehead atoms. The number of benzene rings is 2. The molecule has 6 nitrogen and oxygen atoms in total. The number of amides is 1. The number of rotatable bonds is 5. The third kappa shape index (κ3) is 4.73. The minimum Gasteiger partial charge on any atom is -0.457 e. The number of dihydropyridines is 1. The van der Waals surface area contributed by atoms with Crippen molar-refractivity contribution in [1.29, 1.82) is 0 Å². The Morgan fingerprint density at radius 2 is 1.80 bits per heavy atom. The highest BCUT2D eigenvalue weighted by atomic mass is 16.5. The minimum absolute atomic E-state index is 0.0737. The van der Waals surface area contributed by atoms with Crippen molar-refractivity contribution in [3.05, 3.63) is 107 Å². The van der Waals surface area contributed by atoms with Gasteiger partial charge in [-0.15, -0.1) is 0 Å². The normalized spacial score (nSPS) is 17.5. The first-order chi connectivity index (χ1) is 17.0. The van der Waals surface area contributed by atoms with E-state index < -0.39 is 5.92 Å². The van der Waals surface area contributed by atoms with Gasteiger partial charge >= 0.3 is 0 Å².